The van der Waals surface area contributed by atoms with E-state index in [1.54, 1.807) is 28.3 Å². The number of likely N-dealkylation sites (N-methyl/N-ethyl adjacent to an activating group) is 1. The second kappa shape index (κ2) is 16.1. The molecule has 0 aliphatic heterocycles. The first-order chi connectivity index (χ1) is 13.5. The van der Waals surface area contributed by atoms with Crippen molar-refractivity contribution in [1.29, 1.82) is 0 Å². The minimum atomic E-state index is -0.0467. The lowest BCUT2D eigenvalue weighted by molar-refractivity contribution is -0.127. The molecule has 0 atom stereocenters. The molecule has 1 aromatic rings. The number of guanidine groups is 1. The standard InChI is InChI=1S/C20H34N4O4.HI/c1-6-28-18-14-16(9-10-17(18)27-5)8-7-11-21-20(22-12-13-26-4)23-15-19(25)24(2)3;/h9-10,14H,6-8,11-13,15H2,1-5H3,(H2,21,22,23);1H. The van der Waals surface area contributed by atoms with Crippen molar-refractivity contribution in [1.82, 2.24) is 15.5 Å². The summed E-state index contributed by atoms with van der Waals surface area (Å²) in [5, 5.41) is 6.42. The van der Waals surface area contributed by atoms with Crippen molar-refractivity contribution in [2.45, 2.75) is 19.8 Å². The Kier molecular flexibility index (Phi) is 15.1. The van der Waals surface area contributed by atoms with Crippen LogP contribution in [0.15, 0.2) is 23.2 Å². The molecule has 8 nitrogen and oxygen atoms in total. The summed E-state index contributed by atoms with van der Waals surface area (Å²) >= 11 is 0. The number of rotatable bonds is 12. The summed E-state index contributed by atoms with van der Waals surface area (Å²) in [5.74, 6) is 2.07. The molecular weight excluding hydrogens is 487 g/mol. The Balaban J connectivity index is 0.00000784. The molecule has 0 aliphatic rings. The van der Waals surface area contributed by atoms with Crippen LogP contribution in [0.2, 0.25) is 0 Å². The Hall–Kier alpha value is -1.75. The molecule has 0 spiro atoms. The molecule has 0 saturated heterocycles. The smallest absolute Gasteiger partial charge is 0.243 e. The largest absolute Gasteiger partial charge is 0.493 e. The summed E-state index contributed by atoms with van der Waals surface area (Å²) in [6, 6.07) is 5.99. The van der Waals surface area contributed by atoms with Crippen molar-refractivity contribution in [3.63, 3.8) is 0 Å². The molecule has 166 valence electrons. The summed E-state index contributed by atoms with van der Waals surface area (Å²) < 4.78 is 16.0. The van der Waals surface area contributed by atoms with Gasteiger partial charge >= 0.3 is 0 Å². The zero-order valence-electron chi connectivity index (χ0n) is 18.1. The number of amides is 1. The Morgan fingerprint density at radius 3 is 2.48 bits per heavy atom. The van der Waals surface area contributed by atoms with Crippen LogP contribution in [0.25, 0.3) is 0 Å². The number of hydrogen-bond acceptors (Lipinski definition) is 5. The molecule has 0 bridgehead atoms. The van der Waals surface area contributed by atoms with Crippen molar-refractivity contribution < 1.29 is 19.0 Å². The molecule has 0 unspecified atom stereocenters. The van der Waals surface area contributed by atoms with Crippen molar-refractivity contribution in [3.8, 4) is 11.5 Å². The molecule has 0 radical (unpaired) electrons. The zero-order chi connectivity index (χ0) is 20.8. The topological polar surface area (TPSA) is 84.4 Å². The van der Waals surface area contributed by atoms with Gasteiger partial charge in [0.15, 0.2) is 17.5 Å². The molecule has 0 aliphatic carbocycles. The maximum Gasteiger partial charge on any atom is 0.243 e. The predicted molar refractivity (Wildman–Crippen MR) is 127 cm³/mol. The van der Waals surface area contributed by atoms with Crippen LogP contribution in [0, 0.1) is 0 Å². The molecule has 0 heterocycles. The van der Waals surface area contributed by atoms with Gasteiger partial charge in [-0.15, -0.1) is 24.0 Å². The van der Waals surface area contributed by atoms with Crippen LogP contribution in [0.1, 0.15) is 18.9 Å². The van der Waals surface area contributed by atoms with Gasteiger partial charge in [0.1, 0.15) is 6.54 Å². The van der Waals surface area contributed by atoms with E-state index in [1.807, 2.05) is 25.1 Å². The number of halogens is 1. The third-order valence-electron chi connectivity index (χ3n) is 3.93. The summed E-state index contributed by atoms with van der Waals surface area (Å²) in [6.07, 6.45) is 1.80. The molecule has 1 amide bonds. The number of nitrogens with zero attached hydrogens (tertiary/aromatic N) is 2. The van der Waals surface area contributed by atoms with E-state index in [1.165, 1.54) is 10.5 Å². The maximum atomic E-state index is 11.7. The number of methoxy groups -OCH3 is 2. The fourth-order valence-electron chi connectivity index (χ4n) is 2.38. The predicted octanol–water partition coefficient (Wildman–Crippen LogP) is 1.91. The fourth-order valence-corrected chi connectivity index (χ4v) is 2.38. The number of benzene rings is 1. The van der Waals surface area contributed by atoms with Crippen molar-refractivity contribution in [3.05, 3.63) is 23.8 Å². The fraction of sp³-hybridized carbons (Fsp3) is 0.600. The number of aliphatic imine (C=N–C) groups is 1. The van der Waals surface area contributed by atoms with E-state index in [4.69, 9.17) is 14.2 Å². The normalized spacial score (nSPS) is 10.7. The molecule has 0 fully saturated rings. The van der Waals surface area contributed by atoms with E-state index in [0.717, 1.165) is 30.9 Å². The van der Waals surface area contributed by atoms with Gasteiger partial charge in [-0.2, -0.15) is 0 Å². The molecule has 29 heavy (non-hydrogen) atoms. The summed E-state index contributed by atoms with van der Waals surface area (Å²) in [7, 11) is 6.72. The van der Waals surface area contributed by atoms with E-state index in [2.05, 4.69) is 15.6 Å². The Morgan fingerprint density at radius 1 is 1.14 bits per heavy atom. The van der Waals surface area contributed by atoms with E-state index >= 15 is 0 Å². The van der Waals surface area contributed by atoms with Gasteiger partial charge in [-0.05, 0) is 37.5 Å². The highest BCUT2D eigenvalue weighted by atomic mass is 127. The average Bonchev–Trinajstić information content (AvgIpc) is 2.69. The van der Waals surface area contributed by atoms with Gasteiger partial charge in [-0.1, -0.05) is 6.07 Å². The van der Waals surface area contributed by atoms with Gasteiger partial charge in [-0.3, -0.25) is 4.79 Å². The summed E-state index contributed by atoms with van der Waals surface area (Å²) in [4.78, 5) is 17.6. The summed E-state index contributed by atoms with van der Waals surface area (Å²) in [6.45, 7) is 4.56. The van der Waals surface area contributed by atoms with Crippen LogP contribution in [0.3, 0.4) is 0 Å². The number of hydrogen-bond donors (Lipinski definition) is 2. The van der Waals surface area contributed by atoms with E-state index in [9.17, 15) is 4.79 Å². The highest BCUT2D eigenvalue weighted by Gasteiger charge is 2.06. The third-order valence-corrected chi connectivity index (χ3v) is 3.93. The van der Waals surface area contributed by atoms with Crippen LogP contribution in [0.5, 0.6) is 11.5 Å². The van der Waals surface area contributed by atoms with Gasteiger partial charge in [-0.25, -0.2) is 4.99 Å². The van der Waals surface area contributed by atoms with Crippen LogP contribution < -0.4 is 20.1 Å². The highest BCUT2D eigenvalue weighted by molar-refractivity contribution is 14.0. The van der Waals surface area contributed by atoms with Crippen LogP contribution in [0.4, 0.5) is 0 Å². The van der Waals surface area contributed by atoms with Gasteiger partial charge in [0.05, 0.1) is 20.3 Å². The van der Waals surface area contributed by atoms with E-state index < -0.39 is 0 Å². The van der Waals surface area contributed by atoms with Gasteiger partial charge in [0.25, 0.3) is 0 Å². The van der Waals surface area contributed by atoms with Crippen LogP contribution in [-0.2, 0) is 16.0 Å². The molecule has 1 rings (SSSR count). The lowest BCUT2D eigenvalue weighted by atomic mass is 10.1. The van der Waals surface area contributed by atoms with Gasteiger partial charge < -0.3 is 29.7 Å². The summed E-state index contributed by atoms with van der Waals surface area (Å²) in [5.41, 5.74) is 1.18. The quantitative estimate of drug-likeness (QED) is 0.189. The SMILES string of the molecule is CCOc1cc(CCCNC(=NCC(=O)N(C)C)NCCOC)ccc1OC.I. The Bertz CT molecular complexity index is 626. The number of carbonyl (C=O) groups excluding carboxylic acids is 1. The maximum absolute atomic E-state index is 11.7. The second-order valence-electron chi connectivity index (χ2n) is 6.32. The van der Waals surface area contributed by atoms with Crippen molar-refractivity contribution in [2.24, 2.45) is 4.99 Å². The molecule has 0 aromatic heterocycles. The first-order valence-corrected chi connectivity index (χ1v) is 9.52. The molecule has 2 N–H and O–H groups in total. The number of nitrogens with one attached hydrogen (secondary N) is 2. The Morgan fingerprint density at radius 2 is 1.86 bits per heavy atom. The van der Waals surface area contributed by atoms with Crippen molar-refractivity contribution in [2.75, 3.05) is 61.2 Å². The molecular formula is C20H35IN4O4. The van der Waals surface area contributed by atoms with Crippen LogP contribution in [-0.4, -0.2) is 77.9 Å². The van der Waals surface area contributed by atoms with Gasteiger partial charge in [0.2, 0.25) is 5.91 Å². The van der Waals surface area contributed by atoms with E-state index in [-0.39, 0.29) is 36.4 Å². The first kappa shape index (κ1) is 27.2. The molecule has 9 heteroatoms. The monoisotopic (exact) mass is 522 g/mol. The zero-order valence-corrected chi connectivity index (χ0v) is 20.4. The lowest BCUT2D eigenvalue weighted by Gasteiger charge is -2.14. The third kappa shape index (κ3) is 11.1. The number of carbonyl (C=O) groups is 1. The number of ether oxygens (including phenoxy) is 3. The molecule has 1 aromatic carbocycles. The minimum absolute atomic E-state index is 0. The Labute approximate surface area is 191 Å². The van der Waals surface area contributed by atoms with Crippen molar-refractivity contribution >= 4 is 35.8 Å². The van der Waals surface area contributed by atoms with Gasteiger partial charge in [0, 0.05) is 34.3 Å². The second-order valence-corrected chi connectivity index (χ2v) is 6.32. The molecule has 0 saturated carbocycles. The minimum Gasteiger partial charge on any atom is -0.493 e. The lowest BCUT2D eigenvalue weighted by Crippen LogP contribution is -2.40. The average molecular weight is 522 g/mol. The number of aryl methyl sites for hydroxylation is 1. The first-order valence-electron chi connectivity index (χ1n) is 9.52. The highest BCUT2D eigenvalue weighted by Crippen LogP contribution is 2.28. The van der Waals surface area contributed by atoms with E-state index in [0.29, 0.717) is 25.7 Å². The van der Waals surface area contributed by atoms with Crippen LogP contribution >= 0.6 is 24.0 Å².